The molecule has 0 spiro atoms. The molecule has 16 heavy (non-hydrogen) atoms. The fraction of sp³-hybridized carbons (Fsp3) is 0.917. The predicted octanol–water partition coefficient (Wildman–Crippen LogP) is 0.812. The van der Waals surface area contributed by atoms with E-state index in [2.05, 4.69) is 10.6 Å². The van der Waals surface area contributed by atoms with Crippen molar-refractivity contribution in [3.05, 3.63) is 0 Å². The Morgan fingerprint density at radius 2 is 2.25 bits per heavy atom. The average Bonchev–Trinajstić information content (AvgIpc) is 2.41. The zero-order chi connectivity index (χ0) is 11.4. The number of rotatable bonds is 4. The van der Waals surface area contributed by atoms with Crippen molar-refractivity contribution in [2.75, 3.05) is 13.2 Å². The van der Waals surface area contributed by atoms with Crippen LogP contribution in [-0.2, 0) is 9.53 Å². The summed E-state index contributed by atoms with van der Waals surface area (Å²) in [6.45, 7) is 3.66. The van der Waals surface area contributed by atoms with Crippen LogP contribution in [0.5, 0.6) is 0 Å². The van der Waals surface area contributed by atoms with Crippen LogP contribution in [-0.4, -0.2) is 37.2 Å². The summed E-state index contributed by atoms with van der Waals surface area (Å²) in [6.07, 6.45) is 5.74. The Morgan fingerprint density at radius 1 is 1.44 bits per heavy atom. The summed E-state index contributed by atoms with van der Waals surface area (Å²) >= 11 is 0. The molecule has 2 rings (SSSR count). The first-order valence-electron chi connectivity index (χ1n) is 6.45. The Morgan fingerprint density at radius 3 is 3.00 bits per heavy atom. The van der Waals surface area contributed by atoms with Gasteiger partial charge in [-0.15, -0.1) is 0 Å². The third kappa shape index (κ3) is 2.95. The van der Waals surface area contributed by atoms with Gasteiger partial charge in [-0.2, -0.15) is 0 Å². The number of hydrogen-bond donors (Lipinski definition) is 2. The van der Waals surface area contributed by atoms with Gasteiger partial charge in [-0.3, -0.25) is 4.79 Å². The molecule has 0 aromatic carbocycles. The van der Waals surface area contributed by atoms with Gasteiger partial charge in [-0.25, -0.2) is 0 Å². The summed E-state index contributed by atoms with van der Waals surface area (Å²) in [7, 11) is 0. The highest BCUT2D eigenvalue weighted by molar-refractivity contribution is 5.81. The largest absolute Gasteiger partial charge is 0.378 e. The van der Waals surface area contributed by atoms with E-state index in [1.807, 2.05) is 6.92 Å². The summed E-state index contributed by atoms with van der Waals surface area (Å²) < 4.78 is 5.51. The first-order valence-corrected chi connectivity index (χ1v) is 6.45. The minimum atomic E-state index is 0.0232. The van der Waals surface area contributed by atoms with Crippen LogP contribution in [0.2, 0.25) is 0 Å². The lowest BCUT2D eigenvalue weighted by Crippen LogP contribution is -2.53. The maximum absolute atomic E-state index is 11.7. The molecular weight excluding hydrogens is 204 g/mol. The number of carbonyl (C=O) groups is 1. The molecule has 1 aliphatic heterocycles. The van der Waals surface area contributed by atoms with Crippen LogP contribution in [0.1, 0.15) is 39.0 Å². The maximum Gasteiger partial charge on any atom is 0.237 e. The van der Waals surface area contributed by atoms with Crippen molar-refractivity contribution >= 4 is 5.91 Å². The first kappa shape index (κ1) is 11.9. The van der Waals surface area contributed by atoms with Crippen molar-refractivity contribution in [3.8, 4) is 0 Å². The fourth-order valence-corrected chi connectivity index (χ4v) is 2.46. The molecule has 2 N–H and O–H groups in total. The SMILES string of the molecule is CCOC1CC(NC2CCCCNC2=O)C1. The molecule has 2 aliphatic rings. The molecular formula is C12H22N2O2. The van der Waals surface area contributed by atoms with Crippen LogP contribution in [0.3, 0.4) is 0 Å². The predicted molar refractivity (Wildman–Crippen MR) is 62.2 cm³/mol. The highest BCUT2D eigenvalue weighted by Gasteiger charge is 2.33. The molecule has 1 saturated carbocycles. The van der Waals surface area contributed by atoms with E-state index in [4.69, 9.17) is 4.74 Å². The highest BCUT2D eigenvalue weighted by atomic mass is 16.5. The first-order chi connectivity index (χ1) is 7.79. The van der Waals surface area contributed by atoms with Gasteiger partial charge < -0.3 is 15.4 Å². The van der Waals surface area contributed by atoms with Gasteiger partial charge in [0, 0.05) is 19.2 Å². The number of carbonyl (C=O) groups excluding carboxylic acids is 1. The Hall–Kier alpha value is -0.610. The van der Waals surface area contributed by atoms with Crippen LogP contribution >= 0.6 is 0 Å². The van der Waals surface area contributed by atoms with E-state index in [0.717, 1.165) is 45.3 Å². The molecule has 4 nitrogen and oxygen atoms in total. The van der Waals surface area contributed by atoms with Gasteiger partial charge in [0.25, 0.3) is 0 Å². The topological polar surface area (TPSA) is 50.4 Å². The third-order valence-corrected chi connectivity index (χ3v) is 3.47. The van der Waals surface area contributed by atoms with Gasteiger partial charge in [0.15, 0.2) is 0 Å². The molecule has 1 saturated heterocycles. The summed E-state index contributed by atoms with van der Waals surface area (Å²) in [5.41, 5.74) is 0. The third-order valence-electron chi connectivity index (χ3n) is 3.47. The van der Waals surface area contributed by atoms with Crippen molar-refractivity contribution in [1.82, 2.24) is 10.6 Å². The summed E-state index contributed by atoms with van der Waals surface area (Å²) in [4.78, 5) is 11.7. The maximum atomic E-state index is 11.7. The Labute approximate surface area is 97.1 Å². The van der Waals surface area contributed by atoms with Gasteiger partial charge in [0.05, 0.1) is 12.1 Å². The van der Waals surface area contributed by atoms with Gasteiger partial charge in [0.1, 0.15) is 0 Å². The lowest BCUT2D eigenvalue weighted by atomic mass is 9.88. The number of hydrogen-bond acceptors (Lipinski definition) is 3. The normalized spacial score (nSPS) is 35.1. The molecule has 1 unspecified atom stereocenters. The zero-order valence-electron chi connectivity index (χ0n) is 10.00. The highest BCUT2D eigenvalue weighted by Crippen LogP contribution is 2.24. The second kappa shape index (κ2) is 5.64. The molecule has 1 aliphatic carbocycles. The van der Waals surface area contributed by atoms with Crippen molar-refractivity contribution in [2.24, 2.45) is 0 Å². The molecule has 1 heterocycles. The molecule has 0 radical (unpaired) electrons. The van der Waals surface area contributed by atoms with Gasteiger partial charge in [-0.05, 0) is 39.0 Å². The van der Waals surface area contributed by atoms with E-state index >= 15 is 0 Å². The molecule has 0 aromatic rings. The Bertz CT molecular complexity index is 239. The van der Waals surface area contributed by atoms with Gasteiger partial charge in [0.2, 0.25) is 5.91 Å². The second-order valence-electron chi connectivity index (χ2n) is 4.75. The summed E-state index contributed by atoms with van der Waals surface area (Å²) in [5.74, 6) is 0.178. The van der Waals surface area contributed by atoms with E-state index in [1.54, 1.807) is 0 Å². The average molecular weight is 226 g/mol. The van der Waals surface area contributed by atoms with Crippen LogP contribution in [0.4, 0.5) is 0 Å². The van der Waals surface area contributed by atoms with E-state index in [1.165, 1.54) is 0 Å². The van der Waals surface area contributed by atoms with E-state index < -0.39 is 0 Å². The summed E-state index contributed by atoms with van der Waals surface area (Å²) in [6, 6.07) is 0.500. The summed E-state index contributed by atoms with van der Waals surface area (Å²) in [5, 5.41) is 6.39. The molecule has 0 bridgehead atoms. The van der Waals surface area contributed by atoms with Crippen LogP contribution in [0, 0.1) is 0 Å². The van der Waals surface area contributed by atoms with Gasteiger partial charge in [-0.1, -0.05) is 0 Å². The van der Waals surface area contributed by atoms with Crippen LogP contribution in [0.15, 0.2) is 0 Å². The standard InChI is InChI=1S/C12H22N2O2/c1-2-16-10-7-9(8-10)14-11-5-3-4-6-13-12(11)15/h9-11,14H,2-8H2,1H3,(H,13,15). The van der Waals surface area contributed by atoms with Crippen molar-refractivity contribution in [1.29, 1.82) is 0 Å². The second-order valence-corrected chi connectivity index (χ2v) is 4.75. The number of amides is 1. The van der Waals surface area contributed by atoms with Crippen LogP contribution in [0.25, 0.3) is 0 Å². The minimum absolute atomic E-state index is 0.0232. The van der Waals surface area contributed by atoms with Gasteiger partial charge >= 0.3 is 0 Å². The fourth-order valence-electron chi connectivity index (χ4n) is 2.46. The molecule has 92 valence electrons. The molecule has 1 atom stereocenters. The molecule has 0 aromatic heterocycles. The van der Waals surface area contributed by atoms with Crippen LogP contribution < -0.4 is 10.6 Å². The molecule has 4 heteroatoms. The molecule has 1 amide bonds. The smallest absolute Gasteiger partial charge is 0.237 e. The molecule has 2 fully saturated rings. The van der Waals surface area contributed by atoms with Crippen molar-refractivity contribution < 1.29 is 9.53 Å². The van der Waals surface area contributed by atoms with Crippen molar-refractivity contribution in [2.45, 2.75) is 57.2 Å². The van der Waals surface area contributed by atoms with Crippen molar-refractivity contribution in [3.63, 3.8) is 0 Å². The minimum Gasteiger partial charge on any atom is -0.378 e. The monoisotopic (exact) mass is 226 g/mol. The van der Waals surface area contributed by atoms with E-state index in [-0.39, 0.29) is 11.9 Å². The lowest BCUT2D eigenvalue weighted by Gasteiger charge is -2.37. The van der Waals surface area contributed by atoms with E-state index in [9.17, 15) is 4.79 Å². The quantitative estimate of drug-likeness (QED) is 0.746. The Balaban J connectivity index is 1.71. The van der Waals surface area contributed by atoms with E-state index in [0.29, 0.717) is 12.1 Å². The zero-order valence-corrected chi connectivity index (χ0v) is 10.00. The lowest BCUT2D eigenvalue weighted by molar-refractivity contribution is -0.123. The number of ether oxygens (including phenoxy) is 1. The Kier molecular flexibility index (Phi) is 4.18. The number of nitrogens with one attached hydrogen (secondary N) is 2.